The molecule has 1 amide bonds. The van der Waals surface area contributed by atoms with Crippen LogP contribution in [0, 0.1) is 5.92 Å². The lowest BCUT2D eigenvalue weighted by molar-refractivity contribution is -0.144. The molecule has 0 aromatic heterocycles. The molecule has 0 aliphatic heterocycles. The Hall–Kier alpha value is -0.780. The first-order chi connectivity index (χ1) is 6.76. The fourth-order valence-electron chi connectivity index (χ4n) is 0.882. The van der Waals surface area contributed by atoms with E-state index in [-0.39, 0.29) is 18.6 Å². The molecule has 90 valence electrons. The molecular formula is C9H16F3NO2. The molecule has 0 aromatic rings. The van der Waals surface area contributed by atoms with Gasteiger partial charge in [-0.3, -0.25) is 4.79 Å². The molecule has 0 aromatic carbocycles. The third-order valence-corrected chi connectivity index (χ3v) is 2.17. The number of aliphatic hydroxyl groups excluding tert-OH is 1. The highest BCUT2D eigenvalue weighted by molar-refractivity contribution is 5.76. The summed E-state index contributed by atoms with van der Waals surface area (Å²) in [5, 5.41) is 11.2. The topological polar surface area (TPSA) is 49.3 Å². The molecule has 3 nitrogen and oxygen atoms in total. The average molecular weight is 227 g/mol. The first kappa shape index (κ1) is 14.2. The summed E-state index contributed by atoms with van der Waals surface area (Å²) < 4.78 is 35.3. The van der Waals surface area contributed by atoms with Crippen molar-refractivity contribution in [3.63, 3.8) is 0 Å². The summed E-state index contributed by atoms with van der Waals surface area (Å²) in [6.07, 6.45) is -5.98. The predicted molar refractivity (Wildman–Crippen MR) is 49.1 cm³/mol. The number of carbonyl (C=O) groups is 1. The van der Waals surface area contributed by atoms with Gasteiger partial charge in [-0.05, 0) is 12.8 Å². The van der Waals surface area contributed by atoms with E-state index in [9.17, 15) is 18.0 Å². The maximum Gasteiger partial charge on any atom is 0.389 e. The molecule has 0 aliphatic carbocycles. The second kappa shape index (κ2) is 5.95. The van der Waals surface area contributed by atoms with Crippen molar-refractivity contribution in [3.05, 3.63) is 0 Å². The van der Waals surface area contributed by atoms with Crippen LogP contribution in [0.1, 0.15) is 26.7 Å². The summed E-state index contributed by atoms with van der Waals surface area (Å²) >= 11 is 0. The molecule has 0 saturated heterocycles. The number of hydrogen-bond donors (Lipinski definition) is 2. The number of rotatable bonds is 5. The monoisotopic (exact) mass is 227 g/mol. The number of aliphatic hydroxyl groups is 1. The van der Waals surface area contributed by atoms with Gasteiger partial charge in [-0.1, -0.05) is 6.92 Å². The maximum atomic E-state index is 11.8. The predicted octanol–water partition coefficient (Wildman–Crippen LogP) is 1.46. The summed E-state index contributed by atoms with van der Waals surface area (Å²) in [7, 11) is 0. The van der Waals surface area contributed by atoms with Crippen LogP contribution >= 0.6 is 0 Å². The van der Waals surface area contributed by atoms with Crippen molar-refractivity contribution >= 4 is 5.91 Å². The zero-order chi connectivity index (χ0) is 12.1. The zero-order valence-electron chi connectivity index (χ0n) is 8.77. The Morgan fingerprint density at radius 1 is 1.40 bits per heavy atom. The number of carbonyl (C=O) groups excluding carboxylic acids is 1. The van der Waals surface area contributed by atoms with Gasteiger partial charge in [0.15, 0.2) is 0 Å². The van der Waals surface area contributed by atoms with Crippen LogP contribution in [0.4, 0.5) is 13.2 Å². The summed E-state index contributed by atoms with van der Waals surface area (Å²) in [6, 6.07) is -0.323. The van der Waals surface area contributed by atoms with E-state index >= 15 is 0 Å². The van der Waals surface area contributed by atoms with Crippen molar-refractivity contribution in [1.29, 1.82) is 0 Å². The van der Waals surface area contributed by atoms with Crippen molar-refractivity contribution < 1.29 is 23.1 Å². The molecule has 2 unspecified atom stereocenters. The van der Waals surface area contributed by atoms with Crippen molar-refractivity contribution in [2.24, 2.45) is 5.92 Å². The van der Waals surface area contributed by atoms with Gasteiger partial charge in [-0.2, -0.15) is 13.2 Å². The minimum Gasteiger partial charge on any atom is -0.396 e. The molecule has 0 aliphatic rings. The second-order valence-corrected chi connectivity index (χ2v) is 3.63. The van der Waals surface area contributed by atoms with Gasteiger partial charge in [-0.15, -0.1) is 0 Å². The highest BCUT2D eigenvalue weighted by Crippen LogP contribution is 2.21. The minimum atomic E-state index is -4.30. The lowest BCUT2D eigenvalue weighted by Crippen LogP contribution is -2.38. The molecule has 0 heterocycles. The Balaban J connectivity index is 3.84. The zero-order valence-corrected chi connectivity index (χ0v) is 8.77. The van der Waals surface area contributed by atoms with Gasteiger partial charge in [0.2, 0.25) is 5.91 Å². The van der Waals surface area contributed by atoms with Crippen LogP contribution in [0.15, 0.2) is 0 Å². The lowest BCUT2D eigenvalue weighted by atomic mass is 10.1. The molecule has 0 saturated carbocycles. The van der Waals surface area contributed by atoms with E-state index in [1.165, 1.54) is 0 Å². The molecular weight excluding hydrogens is 211 g/mol. The molecule has 2 atom stereocenters. The SMILES string of the molecule is CC(CO)C(C)NC(=O)CCC(F)(F)F. The molecule has 0 bridgehead atoms. The standard InChI is InChI=1S/C9H16F3NO2/c1-6(5-14)7(2)13-8(15)3-4-9(10,11)12/h6-7,14H,3-5H2,1-2H3,(H,13,15). The fourth-order valence-corrected chi connectivity index (χ4v) is 0.882. The first-order valence-electron chi connectivity index (χ1n) is 4.73. The first-order valence-corrected chi connectivity index (χ1v) is 4.73. The lowest BCUT2D eigenvalue weighted by Gasteiger charge is -2.19. The number of amides is 1. The summed E-state index contributed by atoms with van der Waals surface area (Å²) in [4.78, 5) is 11.0. The van der Waals surface area contributed by atoms with E-state index in [4.69, 9.17) is 5.11 Å². The van der Waals surface area contributed by atoms with E-state index in [0.717, 1.165) is 0 Å². The number of halogens is 3. The van der Waals surface area contributed by atoms with Crippen molar-refractivity contribution in [2.45, 2.75) is 38.9 Å². The highest BCUT2D eigenvalue weighted by Gasteiger charge is 2.28. The van der Waals surface area contributed by atoms with Gasteiger partial charge in [0.1, 0.15) is 0 Å². The van der Waals surface area contributed by atoms with Crippen LogP contribution in [0.25, 0.3) is 0 Å². The van der Waals surface area contributed by atoms with Crippen molar-refractivity contribution in [3.8, 4) is 0 Å². The van der Waals surface area contributed by atoms with Crippen LogP contribution in [0.3, 0.4) is 0 Å². The Morgan fingerprint density at radius 2 is 1.93 bits per heavy atom. The summed E-state index contributed by atoms with van der Waals surface area (Å²) in [5.41, 5.74) is 0. The quantitative estimate of drug-likeness (QED) is 0.747. The number of hydrogen-bond acceptors (Lipinski definition) is 2. The average Bonchev–Trinajstić information content (AvgIpc) is 2.12. The molecule has 15 heavy (non-hydrogen) atoms. The molecule has 0 spiro atoms. The summed E-state index contributed by atoms with van der Waals surface area (Å²) in [6.45, 7) is 3.24. The largest absolute Gasteiger partial charge is 0.396 e. The van der Waals surface area contributed by atoms with Gasteiger partial charge in [0, 0.05) is 19.1 Å². The molecule has 6 heteroatoms. The van der Waals surface area contributed by atoms with Crippen LogP contribution in [0.5, 0.6) is 0 Å². The number of alkyl halides is 3. The molecule has 0 radical (unpaired) electrons. The van der Waals surface area contributed by atoms with E-state index in [1.54, 1.807) is 13.8 Å². The summed E-state index contributed by atoms with van der Waals surface area (Å²) in [5.74, 6) is -0.806. The Labute approximate surface area is 86.7 Å². The van der Waals surface area contributed by atoms with Gasteiger partial charge in [-0.25, -0.2) is 0 Å². The molecule has 0 rings (SSSR count). The second-order valence-electron chi connectivity index (χ2n) is 3.63. The number of nitrogens with one attached hydrogen (secondary N) is 1. The van der Waals surface area contributed by atoms with E-state index in [1.807, 2.05) is 0 Å². The third-order valence-electron chi connectivity index (χ3n) is 2.17. The van der Waals surface area contributed by atoms with Crippen LogP contribution in [-0.4, -0.2) is 29.8 Å². The van der Waals surface area contributed by atoms with Crippen molar-refractivity contribution in [1.82, 2.24) is 5.32 Å². The molecule has 0 fully saturated rings. The van der Waals surface area contributed by atoms with Gasteiger partial charge >= 0.3 is 6.18 Å². The minimum absolute atomic E-state index is 0.110. The van der Waals surface area contributed by atoms with Crippen LogP contribution in [-0.2, 0) is 4.79 Å². The third kappa shape index (κ3) is 7.18. The van der Waals surface area contributed by atoms with Crippen LogP contribution in [0.2, 0.25) is 0 Å². The van der Waals surface area contributed by atoms with Gasteiger partial charge in [0.25, 0.3) is 0 Å². The molecule has 2 N–H and O–H groups in total. The van der Waals surface area contributed by atoms with Crippen molar-refractivity contribution in [2.75, 3.05) is 6.61 Å². The van der Waals surface area contributed by atoms with Gasteiger partial charge in [0.05, 0.1) is 6.42 Å². The smallest absolute Gasteiger partial charge is 0.389 e. The maximum absolute atomic E-state index is 11.8. The Bertz CT molecular complexity index is 206. The van der Waals surface area contributed by atoms with E-state index in [0.29, 0.717) is 0 Å². The highest BCUT2D eigenvalue weighted by atomic mass is 19.4. The Morgan fingerprint density at radius 3 is 2.33 bits per heavy atom. The van der Waals surface area contributed by atoms with Crippen LogP contribution < -0.4 is 5.32 Å². The van der Waals surface area contributed by atoms with Gasteiger partial charge < -0.3 is 10.4 Å². The normalized spacial score (nSPS) is 15.9. The Kier molecular flexibility index (Phi) is 5.64. The van der Waals surface area contributed by atoms with E-state index < -0.39 is 24.9 Å². The van der Waals surface area contributed by atoms with E-state index in [2.05, 4.69) is 5.32 Å². The fraction of sp³-hybridized carbons (Fsp3) is 0.889.